The molecule has 1 saturated heterocycles. The SMILES string of the molecule is CC(=O)c1nn(CC(=O)N2[C@H]3C[C@@]4(CCCCCCCN(C)Cc5ccc(Br)nc5CC3=O)C[C@@H]24)c2cnc(-c3cnc(C)nc3)cc12. The van der Waals surface area contributed by atoms with Crippen LogP contribution in [0.25, 0.3) is 22.2 Å². The molecule has 0 aromatic carbocycles. The van der Waals surface area contributed by atoms with E-state index in [1.807, 2.05) is 17.9 Å². The van der Waals surface area contributed by atoms with E-state index in [-0.39, 0.29) is 47.6 Å². The van der Waals surface area contributed by atoms with E-state index in [2.05, 4.69) is 54.0 Å². The lowest BCUT2D eigenvalue weighted by atomic mass is 9.90. The van der Waals surface area contributed by atoms with Gasteiger partial charge in [-0.25, -0.2) is 15.0 Å². The summed E-state index contributed by atoms with van der Waals surface area (Å²) < 4.78 is 2.27. The van der Waals surface area contributed by atoms with Crippen LogP contribution >= 0.6 is 15.9 Å². The Balaban J connectivity index is 1.19. The van der Waals surface area contributed by atoms with E-state index in [1.54, 1.807) is 29.3 Å². The second-order valence-electron chi connectivity index (χ2n) is 13.9. The number of rotatable bonds is 4. The molecule has 1 amide bonds. The van der Waals surface area contributed by atoms with Crippen LogP contribution < -0.4 is 0 Å². The van der Waals surface area contributed by atoms with Gasteiger partial charge in [0, 0.05) is 42.9 Å². The molecule has 0 unspecified atom stereocenters. The number of amides is 1. The van der Waals surface area contributed by atoms with Gasteiger partial charge in [0.15, 0.2) is 11.6 Å². The average Bonchev–Trinajstić information content (AvgIpc) is 3.47. The number of fused-ring (bicyclic) bond motifs is 3. The molecular formula is C36H41BrN8O3. The molecule has 11 nitrogen and oxygen atoms in total. The summed E-state index contributed by atoms with van der Waals surface area (Å²) in [6, 6.07) is 5.31. The molecule has 48 heavy (non-hydrogen) atoms. The number of nitrogens with zero attached hydrogens (tertiary/aromatic N) is 8. The van der Waals surface area contributed by atoms with Crippen molar-refractivity contribution in [2.45, 2.75) is 96.8 Å². The molecule has 0 N–H and O–H groups in total. The number of carbonyl (C=O) groups excluding carboxylic acids is 3. The minimum atomic E-state index is -0.518. The zero-order valence-corrected chi connectivity index (χ0v) is 29.4. The van der Waals surface area contributed by atoms with Crippen LogP contribution in [0.5, 0.6) is 0 Å². The Morgan fingerprint density at radius 2 is 1.79 bits per heavy atom. The van der Waals surface area contributed by atoms with Crippen LogP contribution in [0.3, 0.4) is 0 Å². The number of carbonyl (C=O) groups is 3. The lowest BCUT2D eigenvalue weighted by Gasteiger charge is -2.27. The van der Waals surface area contributed by atoms with Crippen molar-refractivity contribution in [1.82, 2.24) is 39.5 Å². The number of aromatic nitrogens is 6. The summed E-state index contributed by atoms with van der Waals surface area (Å²) in [5.74, 6) is 0.316. The Morgan fingerprint density at radius 3 is 2.58 bits per heavy atom. The third-order valence-electron chi connectivity index (χ3n) is 10.4. The van der Waals surface area contributed by atoms with E-state index >= 15 is 0 Å². The maximum atomic E-state index is 14.3. The minimum Gasteiger partial charge on any atom is -0.327 e. The van der Waals surface area contributed by atoms with Gasteiger partial charge >= 0.3 is 0 Å². The fraction of sp³-hybridized carbons (Fsp3) is 0.500. The smallest absolute Gasteiger partial charge is 0.245 e. The van der Waals surface area contributed by atoms with Gasteiger partial charge in [0.05, 0.1) is 35.6 Å². The van der Waals surface area contributed by atoms with E-state index in [9.17, 15) is 14.4 Å². The number of aryl methyl sites for hydroxylation is 1. The van der Waals surface area contributed by atoms with E-state index in [1.165, 1.54) is 26.2 Å². The summed E-state index contributed by atoms with van der Waals surface area (Å²) in [4.78, 5) is 63.3. The first-order chi connectivity index (χ1) is 23.1. The van der Waals surface area contributed by atoms with E-state index in [0.717, 1.165) is 55.6 Å². The number of pyridine rings is 2. The number of piperidine rings is 1. The molecule has 0 radical (unpaired) electrons. The Bertz CT molecular complexity index is 1890. The van der Waals surface area contributed by atoms with Crippen molar-refractivity contribution < 1.29 is 14.4 Å². The Kier molecular flexibility index (Phi) is 8.97. The monoisotopic (exact) mass is 712 g/mol. The molecule has 3 aliphatic rings. The van der Waals surface area contributed by atoms with Crippen LogP contribution in [0.15, 0.2) is 41.4 Å². The third-order valence-corrected chi connectivity index (χ3v) is 10.9. The molecule has 2 bridgehead atoms. The van der Waals surface area contributed by atoms with E-state index in [4.69, 9.17) is 4.98 Å². The van der Waals surface area contributed by atoms with Crippen LogP contribution in [-0.4, -0.2) is 82.7 Å². The highest BCUT2D eigenvalue weighted by molar-refractivity contribution is 9.10. The second-order valence-corrected chi connectivity index (χ2v) is 14.7. The van der Waals surface area contributed by atoms with Crippen molar-refractivity contribution in [3.63, 3.8) is 0 Å². The van der Waals surface area contributed by atoms with Gasteiger partial charge in [-0.3, -0.25) is 24.0 Å². The Labute approximate surface area is 288 Å². The second kappa shape index (κ2) is 13.2. The molecule has 4 aromatic heterocycles. The maximum absolute atomic E-state index is 14.3. The van der Waals surface area contributed by atoms with E-state index < -0.39 is 6.04 Å². The van der Waals surface area contributed by atoms with Crippen molar-refractivity contribution in [3.05, 3.63) is 64.2 Å². The van der Waals surface area contributed by atoms with Gasteiger partial charge < -0.3 is 9.80 Å². The fourth-order valence-corrected chi connectivity index (χ4v) is 8.16. The lowest BCUT2D eigenvalue weighted by molar-refractivity contribution is -0.139. The van der Waals surface area contributed by atoms with Gasteiger partial charge in [0.1, 0.15) is 22.7 Å². The zero-order valence-electron chi connectivity index (χ0n) is 27.8. The maximum Gasteiger partial charge on any atom is 0.245 e. The molecule has 12 heteroatoms. The first kappa shape index (κ1) is 32.6. The summed E-state index contributed by atoms with van der Waals surface area (Å²) in [6.45, 7) is 4.93. The summed E-state index contributed by atoms with van der Waals surface area (Å²) in [5, 5.41) is 5.23. The van der Waals surface area contributed by atoms with Gasteiger partial charge in [0.2, 0.25) is 5.91 Å². The van der Waals surface area contributed by atoms with E-state index in [0.29, 0.717) is 33.4 Å². The van der Waals surface area contributed by atoms with Crippen molar-refractivity contribution in [3.8, 4) is 11.3 Å². The molecule has 6 heterocycles. The van der Waals surface area contributed by atoms with Gasteiger partial charge in [-0.1, -0.05) is 31.7 Å². The fourth-order valence-electron chi connectivity index (χ4n) is 7.81. The molecule has 4 aromatic rings. The third kappa shape index (κ3) is 6.44. The van der Waals surface area contributed by atoms with Crippen LogP contribution in [0, 0.1) is 12.3 Å². The number of hydrogen-bond acceptors (Lipinski definition) is 9. The quantitative estimate of drug-likeness (QED) is 0.199. The minimum absolute atomic E-state index is 0.00982. The van der Waals surface area contributed by atoms with Crippen LogP contribution in [0.2, 0.25) is 0 Å². The van der Waals surface area contributed by atoms with Crippen LogP contribution in [-0.2, 0) is 29.1 Å². The molecular weight excluding hydrogens is 672 g/mol. The highest BCUT2D eigenvalue weighted by atomic mass is 79.9. The first-order valence-electron chi connectivity index (χ1n) is 16.9. The van der Waals surface area contributed by atoms with Crippen LogP contribution in [0.1, 0.15) is 85.9 Å². The van der Waals surface area contributed by atoms with Crippen LogP contribution in [0.4, 0.5) is 0 Å². The average molecular weight is 714 g/mol. The van der Waals surface area contributed by atoms with Gasteiger partial charge in [0.25, 0.3) is 0 Å². The standard InChI is InChI=1S/C36H41BrN8O3/c1-22(46)35-26-13-27(25-17-38-23(2)39-18-25)40-19-30(26)44(42-35)21-34(48)45-29-15-36(16-32(36)45)11-7-5-4-6-8-12-43(3)20-24-9-10-33(37)41-28(24)14-31(29)47/h9-10,13,17-19,29,32H,4-8,11-12,14-16,20-21H2,1-3H3/t29-,32+,36-/m0/s1. The molecule has 3 atom stereocenters. The largest absolute Gasteiger partial charge is 0.327 e. The Hall–Kier alpha value is -3.90. The zero-order chi connectivity index (χ0) is 33.6. The van der Waals surface area contributed by atoms with Gasteiger partial charge in [-0.15, -0.1) is 0 Å². The number of halogens is 1. The summed E-state index contributed by atoms with van der Waals surface area (Å²) in [7, 11) is 2.12. The molecule has 1 aliphatic carbocycles. The molecule has 1 saturated carbocycles. The predicted molar refractivity (Wildman–Crippen MR) is 184 cm³/mol. The van der Waals surface area contributed by atoms with Crippen molar-refractivity contribution >= 4 is 44.3 Å². The van der Waals surface area contributed by atoms with Gasteiger partial charge in [-0.05, 0) is 85.2 Å². The van der Waals surface area contributed by atoms with Gasteiger partial charge in [-0.2, -0.15) is 5.10 Å². The summed E-state index contributed by atoms with van der Waals surface area (Å²) >= 11 is 3.51. The van der Waals surface area contributed by atoms with Crippen molar-refractivity contribution in [2.75, 3.05) is 13.6 Å². The molecule has 2 aliphatic heterocycles. The predicted octanol–water partition coefficient (Wildman–Crippen LogP) is 5.51. The summed E-state index contributed by atoms with van der Waals surface area (Å²) in [5.41, 5.74) is 4.00. The molecule has 1 spiro atoms. The lowest BCUT2D eigenvalue weighted by Crippen LogP contribution is -2.45. The first-order valence-corrected chi connectivity index (χ1v) is 17.7. The number of ketones is 2. The number of likely N-dealkylation sites (tertiary alicyclic amines) is 1. The molecule has 2 fully saturated rings. The number of hydrogen-bond donors (Lipinski definition) is 0. The number of Topliss-reactive ketones (excluding diaryl/α,β-unsaturated/α-hetero) is 2. The molecule has 7 rings (SSSR count). The Morgan fingerprint density at radius 1 is 1.02 bits per heavy atom. The van der Waals surface area contributed by atoms with Crippen molar-refractivity contribution in [2.24, 2.45) is 5.41 Å². The topological polar surface area (TPSA) is 127 Å². The highest BCUT2D eigenvalue weighted by Crippen LogP contribution is 2.62. The van der Waals surface area contributed by atoms with Crippen molar-refractivity contribution in [1.29, 1.82) is 0 Å². The highest BCUT2D eigenvalue weighted by Gasteiger charge is 2.66. The summed E-state index contributed by atoms with van der Waals surface area (Å²) in [6.07, 6.45) is 13.7. The normalized spacial score (nSPS) is 23.6. The molecule has 250 valence electrons.